The quantitative estimate of drug-likeness (QED) is 0.215. The number of hydrogen-bond acceptors (Lipinski definition) is 7. The number of ketones is 1. The average Bonchev–Trinajstić information content (AvgIpc) is 3.68. The largest absolute Gasteiger partial charge is 0.475 e. The number of benzene rings is 2. The van der Waals surface area contributed by atoms with E-state index in [1.165, 1.54) is 11.1 Å². The number of H-pyrrole nitrogens is 1. The number of piperidine rings is 1. The van der Waals surface area contributed by atoms with Crippen LogP contribution in [0.25, 0.3) is 11.3 Å². The molecular formula is C34H47N5O4S. The molecule has 3 aromatic rings. The van der Waals surface area contributed by atoms with Gasteiger partial charge in [0.05, 0.1) is 23.4 Å². The van der Waals surface area contributed by atoms with E-state index in [2.05, 4.69) is 64.1 Å². The van der Waals surface area contributed by atoms with Crippen molar-refractivity contribution in [2.75, 3.05) is 43.8 Å². The van der Waals surface area contributed by atoms with Crippen LogP contribution in [0.1, 0.15) is 61.8 Å². The van der Waals surface area contributed by atoms with Gasteiger partial charge in [0.25, 0.3) is 0 Å². The summed E-state index contributed by atoms with van der Waals surface area (Å²) in [5, 5.41) is 11.5. The van der Waals surface area contributed by atoms with Crippen molar-refractivity contribution in [3.05, 3.63) is 64.7 Å². The number of nitrogens with one attached hydrogen (secondary N) is 3. The first-order chi connectivity index (χ1) is 20.8. The predicted molar refractivity (Wildman–Crippen MR) is 176 cm³/mol. The molecule has 2 aliphatic heterocycles. The van der Waals surface area contributed by atoms with Gasteiger partial charge in [-0.1, -0.05) is 36.2 Å². The van der Waals surface area contributed by atoms with Crippen LogP contribution >= 0.6 is 0 Å². The first kappa shape index (κ1) is 32.2. The lowest BCUT2D eigenvalue weighted by atomic mass is 9.81. The van der Waals surface area contributed by atoms with Gasteiger partial charge in [-0.05, 0) is 102 Å². The van der Waals surface area contributed by atoms with Crippen LogP contribution in [0.2, 0.25) is 0 Å². The standard InChI is InChI=1S/C34H47N5O4S/c1-22-17-23(2)19-27(18-22)30-29(24(3)20-35-14-11-25-7-9-28(10-8-25)38-44(6,41)42)33(37-36-30)43-21-34(4,5)32(40)31-26-12-15-39(31)16-13-26/h7-10,17-19,24,26,31,35,38H,11-16,20-21H2,1-6H3,(H,36,37)/t24-,31?/m1/s1. The molecule has 238 valence electrons. The summed E-state index contributed by atoms with van der Waals surface area (Å²) < 4.78 is 31.9. The molecule has 2 saturated heterocycles. The molecule has 0 spiro atoms. The number of aromatic amines is 1. The lowest BCUT2D eigenvalue weighted by molar-refractivity contribution is -0.133. The van der Waals surface area contributed by atoms with Crippen molar-refractivity contribution >= 4 is 21.5 Å². The number of fused-ring (bicyclic) bond motifs is 2. The zero-order chi connectivity index (χ0) is 31.6. The van der Waals surface area contributed by atoms with Crippen LogP contribution in [0, 0.1) is 25.2 Å². The third-order valence-electron chi connectivity index (χ3n) is 8.99. The van der Waals surface area contributed by atoms with Crippen molar-refractivity contribution in [1.29, 1.82) is 0 Å². The first-order valence-electron chi connectivity index (χ1n) is 15.7. The number of aryl methyl sites for hydroxylation is 2. The Bertz CT molecular complexity index is 1540. The summed E-state index contributed by atoms with van der Waals surface area (Å²) in [5.74, 6) is 1.39. The number of carbonyl (C=O) groups excluding carboxylic acids is 1. The third kappa shape index (κ3) is 7.53. The maximum Gasteiger partial charge on any atom is 0.236 e. The van der Waals surface area contributed by atoms with E-state index in [0.717, 1.165) is 67.5 Å². The third-order valence-corrected chi connectivity index (χ3v) is 9.60. The van der Waals surface area contributed by atoms with Crippen molar-refractivity contribution in [3.63, 3.8) is 0 Å². The Morgan fingerprint density at radius 3 is 2.36 bits per heavy atom. The number of rotatable bonds is 14. The summed E-state index contributed by atoms with van der Waals surface area (Å²) >= 11 is 0. The van der Waals surface area contributed by atoms with Crippen LogP contribution in [0.3, 0.4) is 0 Å². The van der Waals surface area contributed by atoms with Crippen molar-refractivity contribution in [2.45, 2.75) is 65.8 Å². The number of nitrogens with zero attached hydrogens (tertiary/aromatic N) is 2. The van der Waals surface area contributed by atoms with Gasteiger partial charge in [-0.15, -0.1) is 5.10 Å². The number of Topliss-reactive ketones (excluding diaryl/α,β-unsaturated/α-hetero) is 1. The van der Waals surface area contributed by atoms with Gasteiger partial charge in [0.15, 0.2) is 5.78 Å². The van der Waals surface area contributed by atoms with Gasteiger partial charge in [0, 0.05) is 29.3 Å². The molecule has 9 nitrogen and oxygen atoms in total. The van der Waals surface area contributed by atoms with E-state index in [9.17, 15) is 13.2 Å². The Hall–Kier alpha value is -3.21. The number of ether oxygens (including phenoxy) is 1. The summed E-state index contributed by atoms with van der Waals surface area (Å²) in [6.07, 6.45) is 4.19. The van der Waals surface area contributed by atoms with Gasteiger partial charge in [0.2, 0.25) is 15.9 Å². The highest BCUT2D eigenvalue weighted by Crippen LogP contribution is 2.40. The first-order valence-corrected chi connectivity index (χ1v) is 17.6. The maximum atomic E-state index is 13.7. The van der Waals surface area contributed by atoms with Crippen molar-refractivity contribution in [1.82, 2.24) is 20.4 Å². The normalized spacial score (nSPS) is 20.5. The second kappa shape index (κ2) is 13.0. The molecule has 44 heavy (non-hydrogen) atoms. The Labute approximate surface area is 262 Å². The molecule has 2 atom stereocenters. The highest BCUT2D eigenvalue weighted by atomic mass is 32.2. The molecule has 0 radical (unpaired) electrons. The Morgan fingerprint density at radius 1 is 1.11 bits per heavy atom. The van der Waals surface area contributed by atoms with Crippen LogP contribution in [-0.2, 0) is 21.2 Å². The molecule has 1 unspecified atom stereocenters. The van der Waals surface area contributed by atoms with Crippen LogP contribution in [0.4, 0.5) is 5.69 Å². The van der Waals surface area contributed by atoms with E-state index in [1.54, 1.807) is 12.1 Å². The molecule has 2 bridgehead atoms. The second-order valence-electron chi connectivity index (χ2n) is 13.5. The average molecular weight is 622 g/mol. The molecule has 2 aromatic carbocycles. The smallest absolute Gasteiger partial charge is 0.236 e. The van der Waals surface area contributed by atoms with Crippen LogP contribution < -0.4 is 14.8 Å². The minimum Gasteiger partial charge on any atom is -0.475 e. The van der Waals surface area contributed by atoms with E-state index in [0.29, 0.717) is 24.0 Å². The Kier molecular flexibility index (Phi) is 9.53. The van der Waals surface area contributed by atoms with Crippen LogP contribution in [-0.4, -0.2) is 74.4 Å². The lowest BCUT2D eigenvalue weighted by Gasteiger charge is -2.29. The van der Waals surface area contributed by atoms with E-state index >= 15 is 0 Å². The van der Waals surface area contributed by atoms with Crippen molar-refractivity contribution in [2.24, 2.45) is 11.3 Å². The zero-order valence-electron chi connectivity index (χ0n) is 26.9. The minimum atomic E-state index is -3.30. The fourth-order valence-corrected chi connectivity index (χ4v) is 7.32. The molecule has 10 heteroatoms. The van der Waals surface area contributed by atoms with Gasteiger partial charge in [-0.2, -0.15) is 0 Å². The Morgan fingerprint density at radius 2 is 1.77 bits per heavy atom. The van der Waals surface area contributed by atoms with Gasteiger partial charge in [-0.25, -0.2) is 8.42 Å². The zero-order valence-corrected chi connectivity index (χ0v) is 27.7. The molecular weight excluding hydrogens is 574 g/mol. The molecule has 5 rings (SSSR count). The number of anilines is 1. The maximum absolute atomic E-state index is 13.7. The van der Waals surface area contributed by atoms with Crippen LogP contribution in [0.15, 0.2) is 42.5 Å². The van der Waals surface area contributed by atoms with Crippen molar-refractivity contribution in [3.8, 4) is 17.1 Å². The highest BCUT2D eigenvalue weighted by Gasteiger charge is 2.48. The molecule has 0 saturated carbocycles. The molecule has 3 N–H and O–H groups in total. The molecule has 2 fully saturated rings. The molecule has 0 amide bonds. The monoisotopic (exact) mass is 621 g/mol. The van der Waals surface area contributed by atoms with Gasteiger partial charge in [0.1, 0.15) is 6.61 Å². The van der Waals surface area contributed by atoms with Gasteiger partial charge >= 0.3 is 0 Å². The number of carbonyl (C=O) groups is 1. The van der Waals surface area contributed by atoms with Crippen molar-refractivity contribution < 1.29 is 17.9 Å². The summed E-state index contributed by atoms with van der Waals surface area (Å²) in [4.78, 5) is 16.0. The molecule has 0 aliphatic carbocycles. The van der Waals surface area contributed by atoms with Gasteiger partial charge in [-0.3, -0.25) is 19.5 Å². The molecule has 1 aromatic heterocycles. The lowest BCUT2D eigenvalue weighted by Crippen LogP contribution is -2.44. The topological polar surface area (TPSA) is 116 Å². The summed E-state index contributed by atoms with van der Waals surface area (Å²) in [7, 11) is -3.30. The van der Waals surface area contributed by atoms with E-state index in [1.807, 2.05) is 26.0 Å². The van der Waals surface area contributed by atoms with E-state index in [4.69, 9.17) is 4.74 Å². The van der Waals surface area contributed by atoms with E-state index in [-0.39, 0.29) is 24.3 Å². The molecule has 2 aliphatic rings. The fourth-order valence-electron chi connectivity index (χ4n) is 6.76. The number of aromatic nitrogens is 2. The minimum absolute atomic E-state index is 0.0216. The summed E-state index contributed by atoms with van der Waals surface area (Å²) in [5.41, 5.74) is 6.43. The highest BCUT2D eigenvalue weighted by molar-refractivity contribution is 7.92. The van der Waals surface area contributed by atoms with E-state index < -0.39 is 15.4 Å². The predicted octanol–water partition coefficient (Wildman–Crippen LogP) is 5.07. The fraction of sp³-hybridized carbons (Fsp3) is 0.529. The second-order valence-corrected chi connectivity index (χ2v) is 15.2. The number of hydrogen-bond donors (Lipinski definition) is 3. The van der Waals surface area contributed by atoms with Crippen LogP contribution in [0.5, 0.6) is 5.88 Å². The SMILES string of the molecule is Cc1cc(C)cc(-c2[nH]nc(OCC(C)(C)C(=O)C3C4CCN3CC4)c2[C@H](C)CNCCc2ccc(NS(C)(=O)=O)cc2)c1. The Balaban J connectivity index is 1.27. The molecule has 3 heterocycles. The number of sulfonamides is 1. The van der Waals surface area contributed by atoms with Gasteiger partial charge < -0.3 is 10.1 Å². The summed E-state index contributed by atoms with van der Waals surface area (Å²) in [6, 6.07) is 13.9. The summed E-state index contributed by atoms with van der Waals surface area (Å²) in [6.45, 7) is 14.2.